The number of ether oxygens (including phenoxy) is 1. The van der Waals surface area contributed by atoms with Crippen LogP contribution in [0.1, 0.15) is 10.4 Å². The molecule has 40 heavy (non-hydrogen) atoms. The highest BCUT2D eigenvalue weighted by Crippen LogP contribution is 2.36. The number of anilines is 1. The van der Waals surface area contributed by atoms with Crippen LogP contribution < -0.4 is 10.5 Å². The highest BCUT2D eigenvalue weighted by atomic mass is 19.1. The van der Waals surface area contributed by atoms with Gasteiger partial charge in [0, 0.05) is 73.4 Å². The summed E-state index contributed by atoms with van der Waals surface area (Å²) in [5, 5.41) is 8.12. The normalized spacial score (nSPS) is 14.3. The Morgan fingerprint density at radius 1 is 1.18 bits per heavy atom. The number of hydrogen-bond donors (Lipinski definition) is 3. The van der Waals surface area contributed by atoms with Gasteiger partial charge in [-0.25, -0.2) is 9.37 Å². The lowest BCUT2D eigenvalue weighted by molar-refractivity contribution is 0.0649. The molecule has 5 rings (SSSR count). The van der Waals surface area contributed by atoms with E-state index >= 15 is 4.39 Å². The van der Waals surface area contributed by atoms with Crippen molar-refractivity contribution in [1.29, 1.82) is 5.41 Å². The Balaban J connectivity index is 1.42. The van der Waals surface area contributed by atoms with Crippen molar-refractivity contribution in [2.45, 2.75) is 0 Å². The van der Waals surface area contributed by atoms with Crippen LogP contribution in [-0.2, 0) is 0 Å². The first kappa shape index (κ1) is 26.8. The number of nitrogens with one attached hydrogen (secondary N) is 2. The van der Waals surface area contributed by atoms with Gasteiger partial charge in [0.05, 0.1) is 18.4 Å². The predicted octanol–water partition coefficient (Wildman–Crippen LogP) is 5.15. The van der Waals surface area contributed by atoms with Crippen LogP contribution in [0.4, 0.5) is 10.1 Å². The topological polar surface area (TPSA) is 111 Å². The Morgan fingerprint density at radius 2 is 1.95 bits per heavy atom. The maximum Gasteiger partial charge on any atom is 0.256 e. The third kappa shape index (κ3) is 5.23. The monoisotopic (exact) mass is 538 g/mol. The molecule has 0 saturated carbocycles. The number of carbonyl (C=O) groups is 1. The number of nitrogen functional groups attached to an aromatic ring is 1. The summed E-state index contributed by atoms with van der Waals surface area (Å²) in [6, 6.07) is 12.6. The molecule has 1 aliphatic heterocycles. The lowest BCUT2D eigenvalue weighted by atomic mass is 9.99. The molecule has 2 aromatic carbocycles. The van der Waals surface area contributed by atoms with E-state index in [2.05, 4.69) is 21.4 Å². The van der Waals surface area contributed by atoms with Gasteiger partial charge in [-0.05, 0) is 41.5 Å². The van der Waals surface area contributed by atoms with Crippen molar-refractivity contribution in [3.05, 3.63) is 90.5 Å². The number of pyridine rings is 1. The first-order valence-corrected chi connectivity index (χ1v) is 13.0. The van der Waals surface area contributed by atoms with Crippen molar-refractivity contribution in [1.82, 2.24) is 19.8 Å². The van der Waals surface area contributed by atoms with Crippen LogP contribution in [-0.4, -0.2) is 71.7 Å². The Kier molecular flexibility index (Phi) is 7.75. The number of aromatic amines is 1. The molecule has 204 valence electrons. The number of amides is 1. The number of allylic oxidation sites excluding steroid dienone is 1. The molecule has 0 radical (unpaired) electrons. The van der Waals surface area contributed by atoms with Gasteiger partial charge in [-0.15, -0.1) is 0 Å². The van der Waals surface area contributed by atoms with Gasteiger partial charge < -0.3 is 25.8 Å². The molecule has 9 heteroatoms. The minimum absolute atomic E-state index is 0.137. The number of para-hydroxylation sites is 1. The van der Waals surface area contributed by atoms with Crippen LogP contribution in [0, 0.1) is 11.2 Å². The smallest absolute Gasteiger partial charge is 0.256 e. The number of carbonyl (C=O) groups excluding carboxylic acids is 1. The summed E-state index contributed by atoms with van der Waals surface area (Å²) in [5.74, 6) is -0.222. The number of nitrogens with zero attached hydrogens (tertiary/aromatic N) is 3. The van der Waals surface area contributed by atoms with E-state index in [1.807, 2.05) is 36.5 Å². The minimum Gasteiger partial charge on any atom is -0.496 e. The third-order valence-electron chi connectivity index (χ3n) is 7.25. The molecule has 1 aliphatic rings. The van der Waals surface area contributed by atoms with Crippen molar-refractivity contribution in [2.75, 3.05) is 45.6 Å². The van der Waals surface area contributed by atoms with Gasteiger partial charge in [0.15, 0.2) is 0 Å². The summed E-state index contributed by atoms with van der Waals surface area (Å²) >= 11 is 0. The van der Waals surface area contributed by atoms with E-state index in [9.17, 15) is 4.79 Å². The molecule has 2 aromatic heterocycles. The summed E-state index contributed by atoms with van der Waals surface area (Å²) in [6.45, 7) is 6.72. The average Bonchev–Trinajstić information content (AvgIpc) is 3.41. The van der Waals surface area contributed by atoms with Crippen molar-refractivity contribution in [3.63, 3.8) is 0 Å². The summed E-state index contributed by atoms with van der Waals surface area (Å²) in [5.41, 5.74) is 10.7. The van der Waals surface area contributed by atoms with Crippen LogP contribution in [0.15, 0.2) is 79.2 Å². The maximum atomic E-state index is 15.1. The number of halogens is 1. The fraction of sp³-hybridized carbons (Fsp3) is 0.194. The zero-order valence-corrected chi connectivity index (χ0v) is 22.3. The Hall–Kier alpha value is -4.76. The molecule has 4 N–H and O–H groups in total. The number of H-pyrrole nitrogens is 1. The Morgan fingerprint density at radius 3 is 2.67 bits per heavy atom. The Bertz CT molecular complexity index is 1620. The van der Waals surface area contributed by atoms with Gasteiger partial charge in [0.2, 0.25) is 0 Å². The molecule has 1 fully saturated rings. The second-order valence-corrected chi connectivity index (χ2v) is 9.62. The molecule has 1 amide bonds. The van der Waals surface area contributed by atoms with E-state index in [1.54, 1.807) is 36.4 Å². The van der Waals surface area contributed by atoms with Gasteiger partial charge >= 0.3 is 0 Å². The van der Waals surface area contributed by atoms with Gasteiger partial charge in [-0.3, -0.25) is 9.69 Å². The van der Waals surface area contributed by atoms with Gasteiger partial charge in [0.25, 0.3) is 5.91 Å². The number of nitrogens with two attached hydrogens (primary N) is 1. The minimum atomic E-state index is -0.647. The second kappa shape index (κ2) is 11.5. The van der Waals surface area contributed by atoms with Crippen LogP contribution in [0.3, 0.4) is 0 Å². The van der Waals surface area contributed by atoms with Crippen molar-refractivity contribution in [3.8, 4) is 28.0 Å². The molecule has 0 bridgehead atoms. The molecular weight excluding hydrogens is 507 g/mol. The summed E-state index contributed by atoms with van der Waals surface area (Å²) < 4.78 is 20.6. The zero-order valence-electron chi connectivity index (χ0n) is 22.3. The average molecular weight is 539 g/mol. The fourth-order valence-electron chi connectivity index (χ4n) is 5.04. The van der Waals surface area contributed by atoms with E-state index in [0.717, 1.165) is 27.8 Å². The third-order valence-corrected chi connectivity index (χ3v) is 7.25. The lowest BCUT2D eigenvalue weighted by Crippen LogP contribution is -2.49. The lowest BCUT2D eigenvalue weighted by Gasteiger charge is -2.35. The molecular formula is C31H31FN6O2. The summed E-state index contributed by atoms with van der Waals surface area (Å²) in [6.07, 6.45) is 8.21. The van der Waals surface area contributed by atoms with E-state index in [4.69, 9.17) is 15.9 Å². The number of fused-ring (bicyclic) bond motifs is 1. The number of aromatic nitrogens is 2. The summed E-state index contributed by atoms with van der Waals surface area (Å²) in [7, 11) is 1.63. The maximum absolute atomic E-state index is 15.1. The van der Waals surface area contributed by atoms with Crippen molar-refractivity contribution >= 4 is 28.8 Å². The molecule has 3 heterocycles. The van der Waals surface area contributed by atoms with Gasteiger partial charge in [0.1, 0.15) is 17.2 Å². The second-order valence-electron chi connectivity index (χ2n) is 9.62. The molecule has 1 saturated heterocycles. The largest absolute Gasteiger partial charge is 0.496 e. The Labute approximate surface area is 232 Å². The molecule has 0 aliphatic carbocycles. The highest BCUT2D eigenvalue weighted by Gasteiger charge is 2.25. The number of hydrogen-bond acceptors (Lipinski definition) is 6. The number of rotatable bonds is 8. The van der Waals surface area contributed by atoms with Crippen molar-refractivity contribution < 1.29 is 13.9 Å². The standard InChI is InChI=1S/C31H31FN6O2/c1-3-20(8-9-33)19-37-10-12-38(13-11-37)31(39)25-14-21(16-27(32)29(25)34)22-15-24-26(18-36-30(24)35-17-22)23-6-4-5-7-28(23)40-2/h3-9,14-18,33H,1,10-13,19,34H2,2H3,(H,35,36)/b20-8+,33-9?. The first-order valence-electron chi connectivity index (χ1n) is 13.0. The number of benzene rings is 2. The number of methoxy groups -OCH3 is 1. The van der Waals surface area contributed by atoms with Crippen molar-refractivity contribution in [2.24, 2.45) is 0 Å². The van der Waals surface area contributed by atoms with E-state index in [0.29, 0.717) is 49.5 Å². The molecule has 0 unspecified atom stereocenters. The molecule has 8 nitrogen and oxygen atoms in total. The van der Waals surface area contributed by atoms with Crippen LogP contribution >= 0.6 is 0 Å². The molecule has 0 spiro atoms. The van der Waals surface area contributed by atoms with Gasteiger partial charge in [-0.2, -0.15) is 0 Å². The number of piperazine rings is 1. The van der Waals surface area contributed by atoms with Crippen LogP contribution in [0.5, 0.6) is 5.75 Å². The highest BCUT2D eigenvalue weighted by molar-refractivity contribution is 6.01. The van der Waals surface area contributed by atoms with Crippen LogP contribution in [0.25, 0.3) is 33.3 Å². The summed E-state index contributed by atoms with van der Waals surface area (Å²) in [4.78, 5) is 25.1. The quantitative estimate of drug-likeness (QED) is 0.163. The van der Waals surface area contributed by atoms with E-state index in [1.165, 1.54) is 12.3 Å². The predicted molar refractivity (Wildman–Crippen MR) is 157 cm³/mol. The van der Waals surface area contributed by atoms with Crippen LogP contribution in [0.2, 0.25) is 0 Å². The fourth-order valence-corrected chi connectivity index (χ4v) is 5.04. The molecule has 4 aromatic rings. The van der Waals surface area contributed by atoms with E-state index < -0.39 is 5.82 Å². The molecule has 0 atom stereocenters. The zero-order chi connectivity index (χ0) is 28.2. The van der Waals surface area contributed by atoms with Gasteiger partial charge in [-0.1, -0.05) is 30.9 Å². The SMILES string of the molecule is C=C/C(=C\C=N)CN1CCN(C(=O)c2cc(-c3cnc4[nH]cc(-c5ccccc5OC)c4c3)cc(F)c2N)CC1. The first-order chi connectivity index (χ1) is 19.4. The van der Waals surface area contributed by atoms with E-state index in [-0.39, 0.29) is 17.2 Å².